The number of carbonyl (C=O) groups is 1. The molecule has 0 saturated heterocycles. The number of benzene rings is 2. The Bertz CT molecular complexity index is 1400. The fraction of sp³-hybridized carbons (Fsp3) is 0.419. The maximum Gasteiger partial charge on any atom is 0.305 e. The summed E-state index contributed by atoms with van der Waals surface area (Å²) < 4.78 is 12.0. The predicted molar refractivity (Wildman–Crippen MR) is 172 cm³/mol. The molecular weight excluding hydrogens is 569 g/mol. The number of nitrogens with one attached hydrogen (secondary N) is 1. The third-order valence-electron chi connectivity index (χ3n) is 6.27. The summed E-state index contributed by atoms with van der Waals surface area (Å²) in [6.45, 7) is 6.02. The van der Waals surface area contributed by atoms with Gasteiger partial charge in [0.15, 0.2) is 0 Å². The van der Waals surface area contributed by atoms with E-state index < -0.39 is 0 Å². The van der Waals surface area contributed by atoms with Crippen molar-refractivity contribution in [2.45, 2.75) is 65.2 Å². The van der Waals surface area contributed by atoms with E-state index in [1.807, 2.05) is 61.5 Å². The van der Waals surface area contributed by atoms with E-state index in [9.17, 15) is 4.79 Å². The molecule has 0 amide bonds. The van der Waals surface area contributed by atoms with Crippen LogP contribution in [0.4, 0.5) is 27.2 Å². The second-order valence-corrected chi connectivity index (χ2v) is 11.6. The summed E-state index contributed by atoms with van der Waals surface area (Å²) >= 11 is 2.97. The summed E-state index contributed by atoms with van der Waals surface area (Å²) in [6, 6.07) is 17.5. The lowest BCUT2D eigenvalue weighted by Gasteiger charge is -2.06. The predicted octanol–water partition coefficient (Wildman–Crippen LogP) is 10.7. The summed E-state index contributed by atoms with van der Waals surface area (Å²) in [5.74, 6) is 0.731. The minimum atomic E-state index is -0.108. The van der Waals surface area contributed by atoms with Gasteiger partial charge in [0, 0.05) is 18.7 Å². The molecular formula is C31H38N6O3S2. The minimum absolute atomic E-state index is 0.108. The van der Waals surface area contributed by atoms with Crippen molar-refractivity contribution in [2.75, 3.05) is 25.1 Å². The summed E-state index contributed by atoms with van der Waals surface area (Å²) in [4.78, 5) is 16.5. The van der Waals surface area contributed by atoms with Gasteiger partial charge in [-0.15, -0.1) is 20.5 Å². The second-order valence-electron chi connectivity index (χ2n) is 9.62. The first kappa shape index (κ1) is 31.2. The molecule has 0 aliphatic heterocycles. The summed E-state index contributed by atoms with van der Waals surface area (Å²) in [5, 5.41) is 22.0. The Kier molecular flexibility index (Phi) is 12.9. The van der Waals surface area contributed by atoms with Gasteiger partial charge in [-0.1, -0.05) is 61.7 Å². The van der Waals surface area contributed by atoms with Crippen LogP contribution in [0, 0.1) is 0 Å². The summed E-state index contributed by atoms with van der Waals surface area (Å²) in [6.07, 6.45) is 8.29. The van der Waals surface area contributed by atoms with Gasteiger partial charge in [-0.2, -0.15) is 0 Å². The number of thiophene rings is 1. The van der Waals surface area contributed by atoms with Gasteiger partial charge in [-0.3, -0.25) is 4.79 Å². The zero-order valence-electron chi connectivity index (χ0n) is 24.3. The molecule has 4 rings (SSSR count). The Hall–Kier alpha value is -3.70. The highest BCUT2D eigenvalue weighted by atomic mass is 32.1. The number of aromatic nitrogens is 1. The van der Waals surface area contributed by atoms with E-state index in [4.69, 9.17) is 9.47 Å². The average Bonchev–Trinajstić information content (AvgIpc) is 3.57. The molecule has 9 nitrogen and oxygen atoms in total. The van der Waals surface area contributed by atoms with Crippen LogP contribution in [0.25, 0.3) is 9.53 Å². The Morgan fingerprint density at radius 1 is 0.786 bits per heavy atom. The Balaban J connectivity index is 1.12. The van der Waals surface area contributed by atoms with E-state index in [2.05, 4.69) is 37.7 Å². The number of ether oxygens (including phenoxy) is 2. The van der Waals surface area contributed by atoms with E-state index in [0.29, 0.717) is 24.8 Å². The van der Waals surface area contributed by atoms with E-state index in [-0.39, 0.29) is 5.97 Å². The molecule has 0 bridgehead atoms. The number of anilines is 1. The largest absolute Gasteiger partial charge is 0.494 e. The van der Waals surface area contributed by atoms with E-state index >= 15 is 0 Å². The van der Waals surface area contributed by atoms with Crippen LogP contribution in [0.1, 0.15) is 65.2 Å². The number of fused-ring (bicyclic) bond motifs is 1. The molecule has 0 aliphatic rings. The minimum Gasteiger partial charge on any atom is -0.494 e. The lowest BCUT2D eigenvalue weighted by Crippen LogP contribution is -2.03. The number of esters is 1. The number of rotatable bonds is 18. The third-order valence-corrected chi connectivity index (χ3v) is 8.20. The fourth-order valence-electron chi connectivity index (χ4n) is 4.04. The summed E-state index contributed by atoms with van der Waals surface area (Å²) in [7, 11) is 0. The maximum absolute atomic E-state index is 11.1. The molecule has 0 saturated carbocycles. The first-order chi connectivity index (χ1) is 20.6. The van der Waals surface area contributed by atoms with Crippen molar-refractivity contribution in [2.24, 2.45) is 20.5 Å². The van der Waals surface area contributed by atoms with Crippen LogP contribution in [-0.4, -0.2) is 30.7 Å². The molecule has 0 aliphatic carbocycles. The van der Waals surface area contributed by atoms with Crippen molar-refractivity contribution in [1.82, 2.24) is 4.98 Å². The molecule has 2 aromatic heterocycles. The molecule has 0 spiro atoms. The van der Waals surface area contributed by atoms with Gasteiger partial charge in [-0.05, 0) is 74.4 Å². The lowest BCUT2D eigenvalue weighted by atomic mass is 10.1. The van der Waals surface area contributed by atoms with Crippen LogP contribution in [0.5, 0.6) is 5.75 Å². The van der Waals surface area contributed by atoms with Crippen molar-refractivity contribution in [3.8, 4) is 5.75 Å². The number of azo groups is 2. The molecule has 11 heteroatoms. The van der Waals surface area contributed by atoms with Crippen LogP contribution in [-0.2, 0) is 9.53 Å². The van der Waals surface area contributed by atoms with Crippen molar-refractivity contribution in [3.63, 3.8) is 0 Å². The van der Waals surface area contributed by atoms with Crippen molar-refractivity contribution in [3.05, 3.63) is 54.6 Å². The van der Waals surface area contributed by atoms with Gasteiger partial charge in [0.1, 0.15) is 15.6 Å². The monoisotopic (exact) mass is 606 g/mol. The number of unbranched alkanes of at least 4 members (excludes halogenated alkanes) is 6. The number of hydrogen-bond acceptors (Lipinski definition) is 11. The molecule has 2 heterocycles. The van der Waals surface area contributed by atoms with Gasteiger partial charge in [-0.25, -0.2) is 4.98 Å². The second kappa shape index (κ2) is 17.3. The molecule has 1 N–H and O–H groups in total. The van der Waals surface area contributed by atoms with Crippen molar-refractivity contribution >= 4 is 65.4 Å². The number of thiazole rings is 1. The highest BCUT2D eigenvalue weighted by Crippen LogP contribution is 2.39. The van der Waals surface area contributed by atoms with Crippen LogP contribution < -0.4 is 10.1 Å². The number of carbonyl (C=O) groups excluding carboxylic acids is 1. The standard InChI is InChI=1S/C31H38N6O3S2/c1-3-29(38)40-21-11-9-7-5-6-8-10-20-39-26-18-16-25(17-19-26)34-36-28-22-27-30(42-28)33-31(41-27)37-35-24-14-12-23(13-15-24)32-4-2/h12-19,22,32H,3-11,20-21H2,1-2H3. The van der Waals surface area contributed by atoms with Crippen molar-refractivity contribution in [1.29, 1.82) is 0 Å². The van der Waals surface area contributed by atoms with Gasteiger partial charge >= 0.3 is 5.97 Å². The molecule has 0 fully saturated rings. The zero-order valence-corrected chi connectivity index (χ0v) is 25.9. The van der Waals surface area contributed by atoms with Gasteiger partial charge < -0.3 is 14.8 Å². The van der Waals surface area contributed by atoms with E-state index in [1.54, 1.807) is 0 Å². The molecule has 4 aromatic rings. The number of nitrogens with zero attached hydrogens (tertiary/aromatic N) is 5. The van der Waals surface area contributed by atoms with Crippen LogP contribution >= 0.6 is 22.7 Å². The molecule has 0 atom stereocenters. The first-order valence-electron chi connectivity index (χ1n) is 14.6. The molecule has 0 unspecified atom stereocenters. The zero-order chi connectivity index (χ0) is 29.4. The van der Waals surface area contributed by atoms with E-state index in [1.165, 1.54) is 41.9 Å². The average molecular weight is 607 g/mol. The first-order valence-corrected chi connectivity index (χ1v) is 16.2. The molecule has 222 valence electrons. The Labute approximate surface area is 255 Å². The maximum atomic E-state index is 11.1. The van der Waals surface area contributed by atoms with Gasteiger partial charge in [0.05, 0.1) is 29.3 Å². The number of hydrogen-bond donors (Lipinski definition) is 1. The fourth-order valence-corrected chi connectivity index (χ4v) is 5.89. The van der Waals surface area contributed by atoms with Gasteiger partial charge in [0.2, 0.25) is 5.13 Å². The quantitative estimate of drug-likeness (QED) is 0.0688. The van der Waals surface area contributed by atoms with Crippen LogP contribution in [0.15, 0.2) is 75.1 Å². The highest BCUT2D eigenvalue weighted by Gasteiger charge is 2.08. The van der Waals surface area contributed by atoms with Gasteiger partial charge in [0.25, 0.3) is 0 Å². The third kappa shape index (κ3) is 10.6. The normalized spacial score (nSPS) is 11.6. The topological polar surface area (TPSA) is 110 Å². The molecule has 2 aromatic carbocycles. The van der Waals surface area contributed by atoms with Crippen molar-refractivity contribution < 1.29 is 14.3 Å². The SMILES string of the molecule is CCNc1ccc(N=Nc2nc3sc(N=Nc4ccc(OCCCCCCCCCOC(=O)CC)cc4)cc3s2)cc1. The molecule has 0 radical (unpaired) electrons. The van der Waals surface area contributed by atoms with E-state index in [0.717, 1.165) is 69.6 Å². The molecule has 42 heavy (non-hydrogen) atoms. The summed E-state index contributed by atoms with van der Waals surface area (Å²) in [5.41, 5.74) is 2.62. The Morgan fingerprint density at radius 3 is 2.10 bits per heavy atom. The smallest absolute Gasteiger partial charge is 0.305 e. The highest BCUT2D eigenvalue weighted by molar-refractivity contribution is 7.30. The Morgan fingerprint density at radius 2 is 1.43 bits per heavy atom. The van der Waals surface area contributed by atoms with Crippen LogP contribution in [0.3, 0.4) is 0 Å². The van der Waals surface area contributed by atoms with Crippen LogP contribution in [0.2, 0.25) is 0 Å². The lowest BCUT2D eigenvalue weighted by molar-refractivity contribution is -0.143.